The first-order chi connectivity index (χ1) is 16.9. The van der Waals surface area contributed by atoms with Gasteiger partial charge in [-0.3, -0.25) is 0 Å². The number of nitrogens with zero attached hydrogens (tertiary/aromatic N) is 1. The Morgan fingerprint density at radius 2 is 1.12 bits per heavy atom. The highest BCUT2D eigenvalue weighted by Gasteiger charge is 2.22. The number of H-pyrrole nitrogens is 1. The third-order valence-electron chi connectivity index (χ3n) is 7.66. The molecule has 8 aromatic rings. The summed E-state index contributed by atoms with van der Waals surface area (Å²) in [7, 11) is 0. The Hall–Kier alpha value is -4.30. The molecule has 160 valence electrons. The number of aromatic amines is 1. The number of fused-ring (bicyclic) bond motifs is 15. The van der Waals surface area contributed by atoms with Crippen LogP contribution in [-0.4, -0.2) is 9.55 Å². The Bertz CT molecular complexity index is 2100. The van der Waals surface area contributed by atoms with Crippen molar-refractivity contribution in [2.45, 2.75) is 13.5 Å². The number of hydrogen-bond acceptors (Lipinski definition) is 0. The lowest BCUT2D eigenvalue weighted by molar-refractivity contribution is 0.829. The molecule has 0 amide bonds. The van der Waals surface area contributed by atoms with Gasteiger partial charge in [-0.15, -0.1) is 0 Å². The quantitative estimate of drug-likeness (QED) is 0.249. The van der Waals surface area contributed by atoms with E-state index in [-0.39, 0.29) is 0 Å². The minimum absolute atomic E-state index is 0.935. The lowest BCUT2D eigenvalue weighted by atomic mass is 9.89. The van der Waals surface area contributed by atoms with Gasteiger partial charge in [0.1, 0.15) is 0 Å². The van der Waals surface area contributed by atoms with Crippen molar-refractivity contribution in [3.8, 4) is 0 Å². The van der Waals surface area contributed by atoms with Gasteiger partial charge in [-0.25, -0.2) is 0 Å². The van der Waals surface area contributed by atoms with Crippen molar-refractivity contribution >= 4 is 75.9 Å². The van der Waals surface area contributed by atoms with Gasteiger partial charge in [0.2, 0.25) is 0 Å². The Kier molecular flexibility index (Phi) is 3.41. The topological polar surface area (TPSA) is 20.7 Å². The van der Waals surface area contributed by atoms with Crippen LogP contribution in [0.5, 0.6) is 0 Å². The maximum absolute atomic E-state index is 3.79. The van der Waals surface area contributed by atoms with Crippen LogP contribution in [0.3, 0.4) is 0 Å². The Morgan fingerprint density at radius 1 is 0.529 bits per heavy atom. The first-order valence-electron chi connectivity index (χ1n) is 12.0. The average Bonchev–Trinajstić information content (AvgIpc) is 3.45. The zero-order valence-electron chi connectivity index (χ0n) is 18.9. The van der Waals surface area contributed by atoms with E-state index in [1.54, 1.807) is 0 Å². The van der Waals surface area contributed by atoms with Gasteiger partial charge >= 0.3 is 0 Å². The van der Waals surface area contributed by atoms with E-state index in [1.165, 1.54) is 75.9 Å². The summed E-state index contributed by atoms with van der Waals surface area (Å²) in [6.07, 6.45) is 0. The van der Waals surface area contributed by atoms with Gasteiger partial charge in [-0.1, -0.05) is 84.9 Å². The van der Waals surface area contributed by atoms with Crippen molar-refractivity contribution in [2.24, 2.45) is 0 Å². The van der Waals surface area contributed by atoms with E-state index in [0.29, 0.717) is 0 Å². The summed E-state index contributed by atoms with van der Waals surface area (Å²) in [4.78, 5) is 3.79. The number of aryl methyl sites for hydroxylation is 1. The summed E-state index contributed by atoms with van der Waals surface area (Å²) in [5.41, 5.74) is 5.07. The molecule has 2 heterocycles. The fourth-order valence-corrected chi connectivity index (χ4v) is 6.38. The maximum Gasteiger partial charge on any atom is 0.0577 e. The lowest BCUT2D eigenvalue weighted by Crippen LogP contribution is -1.94. The molecule has 0 aliphatic heterocycles. The van der Waals surface area contributed by atoms with Crippen LogP contribution in [-0.2, 0) is 6.54 Å². The number of benzene rings is 6. The molecule has 6 aromatic carbocycles. The lowest BCUT2D eigenvalue weighted by Gasteiger charge is -2.14. The van der Waals surface area contributed by atoms with Crippen LogP contribution >= 0.6 is 0 Å². The van der Waals surface area contributed by atoms with Gasteiger partial charge < -0.3 is 9.55 Å². The average molecular weight is 435 g/mol. The van der Waals surface area contributed by atoms with E-state index in [9.17, 15) is 0 Å². The third kappa shape index (κ3) is 2.07. The predicted octanol–water partition coefficient (Wildman–Crippen LogP) is 8.91. The highest BCUT2D eigenvalue weighted by atomic mass is 15.0. The minimum atomic E-state index is 0.935. The van der Waals surface area contributed by atoms with E-state index < -0.39 is 0 Å². The first kappa shape index (κ1) is 18.2. The molecular weight excluding hydrogens is 412 g/mol. The van der Waals surface area contributed by atoms with Crippen LogP contribution in [0.2, 0.25) is 0 Å². The number of hydrogen-bond donors (Lipinski definition) is 1. The van der Waals surface area contributed by atoms with Crippen molar-refractivity contribution in [1.29, 1.82) is 0 Å². The van der Waals surface area contributed by atoms with Crippen LogP contribution in [0.4, 0.5) is 0 Å². The summed E-state index contributed by atoms with van der Waals surface area (Å²) >= 11 is 0. The van der Waals surface area contributed by atoms with Gasteiger partial charge in [0.15, 0.2) is 0 Å². The van der Waals surface area contributed by atoms with Gasteiger partial charge in [0.05, 0.1) is 11.0 Å². The third-order valence-corrected chi connectivity index (χ3v) is 7.66. The van der Waals surface area contributed by atoms with Crippen LogP contribution in [0, 0.1) is 0 Å². The van der Waals surface area contributed by atoms with E-state index in [0.717, 1.165) is 6.54 Å². The smallest absolute Gasteiger partial charge is 0.0577 e. The molecule has 0 unspecified atom stereocenters. The second-order valence-corrected chi connectivity index (χ2v) is 9.25. The molecule has 0 spiro atoms. The minimum Gasteiger partial charge on any atom is -0.354 e. The first-order valence-corrected chi connectivity index (χ1v) is 12.0. The van der Waals surface area contributed by atoms with Crippen molar-refractivity contribution < 1.29 is 0 Å². The number of para-hydroxylation sites is 2. The Labute approximate surface area is 196 Å². The molecule has 1 N–H and O–H groups in total. The fraction of sp³-hybridized carbons (Fsp3) is 0.0625. The molecular formula is C32H22N2. The number of aromatic nitrogens is 2. The van der Waals surface area contributed by atoms with Crippen molar-refractivity contribution in [2.75, 3.05) is 0 Å². The molecule has 0 saturated carbocycles. The predicted molar refractivity (Wildman–Crippen MR) is 147 cm³/mol. The second-order valence-electron chi connectivity index (χ2n) is 9.25. The van der Waals surface area contributed by atoms with Gasteiger partial charge in [-0.05, 0) is 35.2 Å². The molecule has 34 heavy (non-hydrogen) atoms. The molecule has 0 aliphatic carbocycles. The summed E-state index contributed by atoms with van der Waals surface area (Å²) in [5.74, 6) is 0. The molecule has 2 nitrogen and oxygen atoms in total. The summed E-state index contributed by atoms with van der Waals surface area (Å²) in [5, 5.41) is 13.3. The maximum atomic E-state index is 3.79. The normalized spacial score (nSPS) is 12.4. The molecule has 2 aromatic heterocycles. The van der Waals surface area contributed by atoms with Crippen LogP contribution in [0.1, 0.15) is 6.92 Å². The molecule has 0 saturated heterocycles. The largest absolute Gasteiger partial charge is 0.354 e. The zero-order valence-corrected chi connectivity index (χ0v) is 18.9. The number of rotatable bonds is 1. The van der Waals surface area contributed by atoms with Crippen LogP contribution in [0.15, 0.2) is 97.1 Å². The Balaban J connectivity index is 1.89. The molecule has 8 rings (SSSR count). The SMILES string of the molecule is CCn1c2ccccc2c2c3c(c4ccccc4c4[nH]c5ccccc5c43)c3ccccc3c21. The molecule has 0 bridgehead atoms. The van der Waals surface area contributed by atoms with Crippen molar-refractivity contribution in [1.82, 2.24) is 9.55 Å². The Morgan fingerprint density at radius 3 is 1.88 bits per heavy atom. The number of nitrogens with one attached hydrogen (secondary N) is 1. The standard InChI is InChI=1S/C32H22N2/c1-2-34-26-18-10-8-16-24(26)29-30-27(20-12-4-6-14-22(20)32(29)34)19-11-3-5-13-21(19)31-28(30)23-15-7-9-17-25(23)33-31/h3-18,33H,2H2,1H3. The van der Waals surface area contributed by atoms with Gasteiger partial charge in [0.25, 0.3) is 0 Å². The van der Waals surface area contributed by atoms with Crippen LogP contribution in [0.25, 0.3) is 75.9 Å². The van der Waals surface area contributed by atoms with Gasteiger partial charge in [-0.2, -0.15) is 0 Å². The molecule has 0 fully saturated rings. The second kappa shape index (κ2) is 6.39. The highest BCUT2D eigenvalue weighted by Crippen LogP contribution is 2.48. The van der Waals surface area contributed by atoms with Gasteiger partial charge in [0, 0.05) is 55.3 Å². The summed E-state index contributed by atoms with van der Waals surface area (Å²) in [6, 6.07) is 35.5. The van der Waals surface area contributed by atoms with E-state index in [1.807, 2.05) is 0 Å². The van der Waals surface area contributed by atoms with E-state index in [4.69, 9.17) is 0 Å². The highest BCUT2D eigenvalue weighted by molar-refractivity contribution is 6.45. The molecule has 0 radical (unpaired) electrons. The van der Waals surface area contributed by atoms with Crippen molar-refractivity contribution in [3.63, 3.8) is 0 Å². The summed E-state index contributed by atoms with van der Waals surface area (Å²) < 4.78 is 2.50. The van der Waals surface area contributed by atoms with E-state index >= 15 is 0 Å². The molecule has 0 atom stereocenters. The zero-order chi connectivity index (χ0) is 22.4. The molecule has 2 heteroatoms. The van der Waals surface area contributed by atoms with Crippen molar-refractivity contribution in [3.05, 3.63) is 97.1 Å². The van der Waals surface area contributed by atoms with Crippen LogP contribution < -0.4 is 0 Å². The van der Waals surface area contributed by atoms with E-state index in [2.05, 4.69) is 114 Å². The summed E-state index contributed by atoms with van der Waals surface area (Å²) in [6.45, 7) is 3.19. The monoisotopic (exact) mass is 434 g/mol. The fourth-order valence-electron chi connectivity index (χ4n) is 6.38. The molecule has 0 aliphatic rings.